The first-order chi connectivity index (χ1) is 12.5. The van der Waals surface area contributed by atoms with Crippen molar-refractivity contribution in [3.05, 3.63) is 41.5 Å². The maximum Gasteiger partial charge on any atom is 0.276 e. The maximum absolute atomic E-state index is 13.5. The lowest BCUT2D eigenvalue weighted by Gasteiger charge is -2.40. The van der Waals surface area contributed by atoms with Crippen LogP contribution in [-0.2, 0) is 4.79 Å². The van der Waals surface area contributed by atoms with E-state index in [2.05, 4.69) is 15.6 Å². The van der Waals surface area contributed by atoms with Gasteiger partial charge in [-0.15, -0.1) is 5.10 Å². The molecule has 0 bridgehead atoms. The molecule has 1 saturated carbocycles. The fraction of sp³-hybridized carbons (Fsp3) is 0.444. The summed E-state index contributed by atoms with van der Waals surface area (Å²) in [5, 5.41) is 10.8. The molecule has 4 rings (SSSR count). The molecule has 1 aromatic carbocycles. The molecule has 0 radical (unpaired) electrons. The number of carbonyl (C=O) groups excluding carboxylic acids is 2. The number of rotatable bonds is 4. The largest absolute Gasteiger partial charge is 0.350 e. The van der Waals surface area contributed by atoms with Crippen LogP contribution in [0.25, 0.3) is 5.69 Å². The third-order valence-corrected chi connectivity index (χ3v) is 5.00. The van der Waals surface area contributed by atoms with Gasteiger partial charge in [-0.2, -0.15) is 0 Å². The SMILES string of the molecule is Cc1cc(F)cc(-n2cc(C(=O)N3CC(NC(=O)C4CCC4)C3)nn2)c1. The number of halogens is 1. The van der Waals surface area contributed by atoms with Crippen LogP contribution in [0.3, 0.4) is 0 Å². The van der Waals surface area contributed by atoms with Crippen molar-refractivity contribution in [1.82, 2.24) is 25.2 Å². The van der Waals surface area contributed by atoms with Crippen LogP contribution in [0.5, 0.6) is 0 Å². The summed E-state index contributed by atoms with van der Waals surface area (Å²) in [6, 6.07) is 4.53. The lowest BCUT2D eigenvalue weighted by molar-refractivity contribution is -0.129. The lowest BCUT2D eigenvalue weighted by Crippen LogP contribution is -2.61. The fourth-order valence-electron chi connectivity index (χ4n) is 3.22. The molecule has 1 aliphatic carbocycles. The second-order valence-electron chi connectivity index (χ2n) is 7.08. The van der Waals surface area contributed by atoms with E-state index in [1.807, 2.05) is 0 Å². The Hall–Kier alpha value is -2.77. The summed E-state index contributed by atoms with van der Waals surface area (Å²) in [4.78, 5) is 26.0. The van der Waals surface area contributed by atoms with Gasteiger partial charge >= 0.3 is 0 Å². The topological polar surface area (TPSA) is 80.1 Å². The van der Waals surface area contributed by atoms with Crippen molar-refractivity contribution in [2.75, 3.05) is 13.1 Å². The Labute approximate surface area is 150 Å². The summed E-state index contributed by atoms with van der Waals surface area (Å²) in [6.45, 7) is 2.74. The van der Waals surface area contributed by atoms with Crippen molar-refractivity contribution >= 4 is 11.8 Å². The average molecular weight is 357 g/mol. The van der Waals surface area contributed by atoms with Crippen LogP contribution >= 0.6 is 0 Å². The Kier molecular flexibility index (Phi) is 4.18. The third kappa shape index (κ3) is 3.18. The van der Waals surface area contributed by atoms with E-state index in [9.17, 15) is 14.0 Å². The smallest absolute Gasteiger partial charge is 0.276 e. The zero-order chi connectivity index (χ0) is 18.3. The van der Waals surface area contributed by atoms with Crippen LogP contribution in [0.4, 0.5) is 4.39 Å². The van der Waals surface area contributed by atoms with Crippen LogP contribution in [0, 0.1) is 18.7 Å². The Morgan fingerprint density at radius 2 is 2.00 bits per heavy atom. The molecular weight excluding hydrogens is 337 g/mol. The number of aromatic nitrogens is 3. The fourth-order valence-corrected chi connectivity index (χ4v) is 3.22. The van der Waals surface area contributed by atoms with Gasteiger partial charge in [0.05, 0.1) is 17.9 Å². The molecule has 2 aromatic rings. The third-order valence-electron chi connectivity index (χ3n) is 5.00. The van der Waals surface area contributed by atoms with Crippen LogP contribution < -0.4 is 5.32 Å². The molecule has 2 fully saturated rings. The van der Waals surface area contributed by atoms with Crippen LogP contribution in [0.1, 0.15) is 35.3 Å². The van der Waals surface area contributed by atoms with Crippen LogP contribution in [0.2, 0.25) is 0 Å². The van der Waals surface area contributed by atoms with E-state index in [0.29, 0.717) is 18.8 Å². The summed E-state index contributed by atoms with van der Waals surface area (Å²) in [5.74, 6) is -0.357. The molecule has 1 aromatic heterocycles. The average Bonchev–Trinajstić information content (AvgIpc) is 2.97. The number of hydrogen-bond donors (Lipinski definition) is 1. The molecule has 0 unspecified atom stereocenters. The van der Waals surface area contributed by atoms with Gasteiger partial charge in [-0.1, -0.05) is 11.6 Å². The first-order valence-electron chi connectivity index (χ1n) is 8.79. The highest BCUT2D eigenvalue weighted by Gasteiger charge is 2.35. The highest BCUT2D eigenvalue weighted by Crippen LogP contribution is 2.26. The minimum atomic E-state index is -0.365. The van der Waals surface area contributed by atoms with Crippen molar-refractivity contribution in [1.29, 1.82) is 0 Å². The molecule has 0 spiro atoms. The van der Waals surface area contributed by atoms with Crippen molar-refractivity contribution in [3.63, 3.8) is 0 Å². The molecule has 2 heterocycles. The lowest BCUT2D eigenvalue weighted by atomic mass is 9.84. The summed E-state index contributed by atoms with van der Waals surface area (Å²) < 4.78 is 14.9. The molecule has 26 heavy (non-hydrogen) atoms. The normalized spacial score (nSPS) is 17.5. The second-order valence-corrected chi connectivity index (χ2v) is 7.08. The molecule has 2 aliphatic rings. The Balaban J connectivity index is 1.36. The second kappa shape index (κ2) is 6.51. The van der Waals surface area contributed by atoms with Crippen LogP contribution in [-0.4, -0.2) is 50.8 Å². The van der Waals surface area contributed by atoms with E-state index in [1.165, 1.54) is 23.0 Å². The van der Waals surface area contributed by atoms with Crippen molar-refractivity contribution in [3.8, 4) is 5.69 Å². The van der Waals surface area contributed by atoms with Gasteiger partial charge in [0, 0.05) is 19.0 Å². The number of nitrogens with one attached hydrogen (secondary N) is 1. The first-order valence-corrected chi connectivity index (χ1v) is 8.79. The van der Waals surface area contributed by atoms with Crippen LogP contribution in [0.15, 0.2) is 24.4 Å². The molecule has 1 N–H and O–H groups in total. The van der Waals surface area contributed by atoms with Gasteiger partial charge in [-0.05, 0) is 43.5 Å². The molecule has 0 atom stereocenters. The number of likely N-dealkylation sites (tertiary alicyclic amines) is 1. The van der Waals surface area contributed by atoms with Crippen molar-refractivity contribution in [2.24, 2.45) is 5.92 Å². The van der Waals surface area contributed by atoms with Gasteiger partial charge in [0.15, 0.2) is 5.69 Å². The van der Waals surface area contributed by atoms with E-state index in [4.69, 9.17) is 0 Å². The van der Waals surface area contributed by atoms with E-state index < -0.39 is 0 Å². The number of hydrogen-bond acceptors (Lipinski definition) is 4. The predicted octanol–water partition coefficient (Wildman–Crippen LogP) is 1.46. The van der Waals surface area contributed by atoms with Gasteiger partial charge in [0.25, 0.3) is 5.91 Å². The monoisotopic (exact) mass is 357 g/mol. The van der Waals surface area contributed by atoms with Crippen molar-refractivity contribution < 1.29 is 14.0 Å². The maximum atomic E-state index is 13.5. The van der Waals surface area contributed by atoms with Gasteiger partial charge < -0.3 is 10.2 Å². The number of nitrogens with zero attached hydrogens (tertiary/aromatic N) is 4. The summed E-state index contributed by atoms with van der Waals surface area (Å²) >= 11 is 0. The Bertz CT molecular complexity index is 835. The molecule has 7 nitrogen and oxygen atoms in total. The van der Waals surface area contributed by atoms with E-state index in [1.54, 1.807) is 17.9 Å². The van der Waals surface area contributed by atoms with Crippen molar-refractivity contribution in [2.45, 2.75) is 32.2 Å². The highest BCUT2D eigenvalue weighted by molar-refractivity contribution is 5.93. The van der Waals surface area contributed by atoms with Gasteiger partial charge in [0.1, 0.15) is 5.82 Å². The predicted molar refractivity (Wildman–Crippen MR) is 91.2 cm³/mol. The quantitative estimate of drug-likeness (QED) is 0.898. The van der Waals surface area contributed by atoms with E-state index in [-0.39, 0.29) is 35.3 Å². The minimum Gasteiger partial charge on any atom is -0.350 e. The Morgan fingerprint density at radius 1 is 1.23 bits per heavy atom. The molecule has 1 saturated heterocycles. The number of carbonyl (C=O) groups is 2. The standard InChI is InChI=1S/C18H20FN5O2/c1-11-5-13(19)7-15(6-11)24-10-16(21-22-24)18(26)23-8-14(9-23)20-17(25)12-3-2-4-12/h5-7,10,12,14H,2-4,8-9H2,1H3,(H,20,25). The number of benzene rings is 1. The number of amides is 2. The zero-order valence-electron chi connectivity index (χ0n) is 14.5. The van der Waals surface area contributed by atoms with E-state index >= 15 is 0 Å². The van der Waals surface area contributed by atoms with Gasteiger partial charge in [-0.3, -0.25) is 9.59 Å². The molecule has 136 valence electrons. The minimum absolute atomic E-state index is 0.00737. The zero-order valence-corrected chi connectivity index (χ0v) is 14.5. The van der Waals surface area contributed by atoms with Gasteiger partial charge in [0.2, 0.25) is 5.91 Å². The molecule has 8 heteroatoms. The molecule has 2 amide bonds. The Morgan fingerprint density at radius 3 is 2.65 bits per heavy atom. The van der Waals surface area contributed by atoms with Gasteiger partial charge in [-0.25, -0.2) is 9.07 Å². The summed E-state index contributed by atoms with van der Waals surface area (Å²) in [7, 11) is 0. The first kappa shape index (κ1) is 16.7. The van der Waals surface area contributed by atoms with E-state index in [0.717, 1.165) is 24.8 Å². The highest BCUT2D eigenvalue weighted by atomic mass is 19.1. The molecule has 1 aliphatic heterocycles. The molecular formula is C18H20FN5O2. The summed E-state index contributed by atoms with van der Waals surface area (Å²) in [6.07, 6.45) is 4.54. The number of aryl methyl sites for hydroxylation is 1. The summed E-state index contributed by atoms with van der Waals surface area (Å²) in [5.41, 5.74) is 1.48.